The second-order valence-corrected chi connectivity index (χ2v) is 5.75. The van der Waals surface area contributed by atoms with Crippen molar-refractivity contribution in [3.05, 3.63) is 35.4 Å². The predicted molar refractivity (Wildman–Crippen MR) is 73.1 cm³/mol. The zero-order valence-electron chi connectivity index (χ0n) is 11.2. The Balaban J connectivity index is 1.92. The summed E-state index contributed by atoms with van der Waals surface area (Å²) in [7, 11) is 3.17. The molecule has 0 aliphatic carbocycles. The van der Waals surface area contributed by atoms with E-state index in [-0.39, 0.29) is 6.10 Å². The van der Waals surface area contributed by atoms with Gasteiger partial charge in [0.05, 0.1) is 32.5 Å². The van der Waals surface area contributed by atoms with Crippen molar-refractivity contribution in [1.82, 2.24) is 0 Å². The van der Waals surface area contributed by atoms with E-state index < -0.39 is 0 Å². The molecule has 1 unspecified atom stereocenters. The third kappa shape index (κ3) is 2.50. The summed E-state index contributed by atoms with van der Waals surface area (Å²) < 4.78 is 16.1. The monoisotopic (exact) mass is 275 g/mol. The molecule has 3 nitrogen and oxygen atoms in total. The highest BCUT2D eigenvalue weighted by molar-refractivity contribution is 5.98. The fourth-order valence-electron chi connectivity index (χ4n) is 3.06. The van der Waals surface area contributed by atoms with Crippen molar-refractivity contribution in [3.63, 3.8) is 0 Å². The molecule has 3 rings (SSSR count). The first kappa shape index (κ1) is 13.3. The van der Waals surface area contributed by atoms with Crippen molar-refractivity contribution in [2.75, 3.05) is 26.4 Å². The van der Waals surface area contributed by atoms with Crippen molar-refractivity contribution in [2.24, 2.45) is 11.8 Å². The molecular formula is C15H19O3Si. The minimum atomic E-state index is 0.0531. The lowest BCUT2D eigenvalue weighted by atomic mass is 9.73. The number of hydrogen-bond acceptors (Lipinski definition) is 3. The minimum Gasteiger partial charge on any atom is -0.412 e. The van der Waals surface area contributed by atoms with Crippen LogP contribution in [0.25, 0.3) is 0 Å². The lowest BCUT2D eigenvalue weighted by molar-refractivity contribution is -0.105. The van der Waals surface area contributed by atoms with Crippen LogP contribution in [0.4, 0.5) is 0 Å². The van der Waals surface area contributed by atoms with E-state index in [2.05, 4.69) is 41.7 Å². The van der Waals surface area contributed by atoms with Gasteiger partial charge in [-0.1, -0.05) is 24.3 Å². The zero-order valence-corrected chi connectivity index (χ0v) is 12.2. The van der Waals surface area contributed by atoms with Gasteiger partial charge in [-0.2, -0.15) is 0 Å². The van der Waals surface area contributed by atoms with Crippen LogP contribution in [0.5, 0.6) is 0 Å². The molecule has 101 valence electrons. The summed E-state index contributed by atoms with van der Waals surface area (Å²) in [6.45, 7) is 5.56. The van der Waals surface area contributed by atoms with Crippen LogP contribution in [0.1, 0.15) is 30.1 Å². The molecule has 1 aromatic carbocycles. The highest BCUT2D eigenvalue weighted by Gasteiger charge is 2.39. The van der Waals surface area contributed by atoms with E-state index in [0.29, 0.717) is 17.8 Å². The lowest BCUT2D eigenvalue weighted by Gasteiger charge is -2.43. The van der Waals surface area contributed by atoms with Gasteiger partial charge in [0.25, 0.3) is 0 Å². The maximum absolute atomic E-state index is 5.40. The second-order valence-electron chi connectivity index (χ2n) is 5.51. The first-order chi connectivity index (χ1) is 9.31. The SMILES string of the molecule is CC(O[Si])c1ccccc1C(C1COC1)C1COC1. The summed E-state index contributed by atoms with van der Waals surface area (Å²) in [6, 6.07) is 8.59. The molecular weight excluding hydrogens is 256 g/mol. The third-order valence-electron chi connectivity index (χ3n) is 4.31. The average molecular weight is 275 g/mol. The van der Waals surface area contributed by atoms with Crippen molar-refractivity contribution in [1.29, 1.82) is 0 Å². The maximum Gasteiger partial charge on any atom is 0.247 e. The van der Waals surface area contributed by atoms with Gasteiger partial charge in [-0.25, -0.2) is 0 Å². The van der Waals surface area contributed by atoms with Crippen molar-refractivity contribution in [2.45, 2.75) is 18.9 Å². The second kappa shape index (κ2) is 5.75. The van der Waals surface area contributed by atoms with E-state index in [9.17, 15) is 0 Å². The molecule has 2 aliphatic heterocycles. The van der Waals surface area contributed by atoms with Crippen molar-refractivity contribution < 1.29 is 13.9 Å². The third-order valence-corrected chi connectivity index (χ3v) is 4.67. The van der Waals surface area contributed by atoms with Gasteiger partial charge in [0.15, 0.2) is 0 Å². The topological polar surface area (TPSA) is 27.7 Å². The fraction of sp³-hybridized carbons (Fsp3) is 0.600. The smallest absolute Gasteiger partial charge is 0.247 e. The van der Waals surface area contributed by atoms with Crippen LogP contribution in [0.3, 0.4) is 0 Å². The minimum absolute atomic E-state index is 0.0531. The van der Waals surface area contributed by atoms with Gasteiger partial charge in [0.1, 0.15) is 0 Å². The van der Waals surface area contributed by atoms with E-state index in [1.54, 1.807) is 0 Å². The summed E-state index contributed by atoms with van der Waals surface area (Å²) in [4.78, 5) is 0. The van der Waals surface area contributed by atoms with Gasteiger partial charge in [-0.3, -0.25) is 0 Å². The normalized spacial score (nSPS) is 22.1. The molecule has 1 atom stereocenters. The zero-order chi connectivity index (χ0) is 13.2. The van der Waals surface area contributed by atoms with Gasteiger partial charge in [0.2, 0.25) is 10.5 Å². The van der Waals surface area contributed by atoms with Gasteiger partial charge in [-0.05, 0) is 24.0 Å². The Morgan fingerprint density at radius 1 is 1.05 bits per heavy atom. The largest absolute Gasteiger partial charge is 0.412 e. The Labute approximate surface area is 117 Å². The molecule has 0 spiro atoms. The van der Waals surface area contributed by atoms with Crippen LogP contribution in [0.15, 0.2) is 24.3 Å². The summed E-state index contributed by atoms with van der Waals surface area (Å²) in [5, 5.41) is 0. The summed E-state index contributed by atoms with van der Waals surface area (Å²) in [6.07, 6.45) is 0.0531. The summed E-state index contributed by atoms with van der Waals surface area (Å²) in [5.74, 6) is 1.77. The van der Waals surface area contributed by atoms with Crippen LogP contribution < -0.4 is 0 Å². The Bertz CT molecular complexity index is 415. The van der Waals surface area contributed by atoms with E-state index in [1.165, 1.54) is 11.1 Å². The van der Waals surface area contributed by atoms with Crippen molar-refractivity contribution in [3.8, 4) is 0 Å². The van der Waals surface area contributed by atoms with Crippen LogP contribution >= 0.6 is 0 Å². The number of benzene rings is 1. The Kier molecular flexibility index (Phi) is 4.03. The Morgan fingerprint density at radius 2 is 1.58 bits per heavy atom. The van der Waals surface area contributed by atoms with Crippen LogP contribution in [-0.4, -0.2) is 36.9 Å². The van der Waals surface area contributed by atoms with E-state index >= 15 is 0 Å². The van der Waals surface area contributed by atoms with E-state index in [4.69, 9.17) is 13.9 Å². The Hall–Kier alpha value is -0.683. The molecule has 0 N–H and O–H groups in total. The molecule has 0 saturated carbocycles. The molecule has 2 fully saturated rings. The number of hydrogen-bond donors (Lipinski definition) is 0. The van der Waals surface area contributed by atoms with Gasteiger partial charge in [-0.15, -0.1) is 0 Å². The first-order valence-corrected chi connectivity index (χ1v) is 7.28. The van der Waals surface area contributed by atoms with Gasteiger partial charge < -0.3 is 13.9 Å². The number of ether oxygens (including phenoxy) is 2. The molecule has 4 heteroatoms. The molecule has 2 heterocycles. The van der Waals surface area contributed by atoms with Crippen molar-refractivity contribution >= 4 is 10.5 Å². The van der Waals surface area contributed by atoms with E-state index in [1.807, 2.05) is 0 Å². The van der Waals surface area contributed by atoms with Crippen LogP contribution in [0, 0.1) is 11.8 Å². The van der Waals surface area contributed by atoms with Crippen LogP contribution in [0.2, 0.25) is 0 Å². The first-order valence-electron chi connectivity index (χ1n) is 6.88. The number of rotatable bonds is 5. The van der Waals surface area contributed by atoms with Gasteiger partial charge in [0, 0.05) is 11.8 Å². The quantitative estimate of drug-likeness (QED) is 0.771. The molecule has 0 bridgehead atoms. The molecule has 0 aromatic heterocycles. The summed E-state index contributed by atoms with van der Waals surface area (Å²) >= 11 is 0. The lowest BCUT2D eigenvalue weighted by Crippen LogP contribution is -2.43. The Morgan fingerprint density at radius 3 is 2.00 bits per heavy atom. The maximum atomic E-state index is 5.40. The highest BCUT2D eigenvalue weighted by atomic mass is 28.2. The average Bonchev–Trinajstić information content (AvgIpc) is 2.33. The predicted octanol–water partition coefficient (Wildman–Crippen LogP) is 2.22. The van der Waals surface area contributed by atoms with Gasteiger partial charge >= 0.3 is 0 Å². The fourth-order valence-corrected chi connectivity index (χ4v) is 3.19. The molecule has 1 aromatic rings. The molecule has 19 heavy (non-hydrogen) atoms. The molecule has 2 saturated heterocycles. The van der Waals surface area contributed by atoms with Crippen LogP contribution in [-0.2, 0) is 13.9 Å². The highest BCUT2D eigenvalue weighted by Crippen LogP contribution is 2.42. The standard InChI is InChI=1S/C15H19O3Si/c1-10(18-19)13-4-2-3-5-14(13)15(11-6-16-7-11)12-8-17-9-12/h2-5,10-12,15H,6-9H2,1H3. The molecule has 0 amide bonds. The van der Waals surface area contributed by atoms with E-state index in [0.717, 1.165) is 26.4 Å². The molecule has 2 aliphatic rings. The molecule has 3 radical (unpaired) electrons. The summed E-state index contributed by atoms with van der Waals surface area (Å²) in [5.41, 5.74) is 2.66.